The van der Waals surface area contributed by atoms with Crippen molar-refractivity contribution in [1.82, 2.24) is 10.2 Å². The van der Waals surface area contributed by atoms with Crippen LogP contribution in [0.4, 0.5) is 0 Å². The third-order valence-corrected chi connectivity index (χ3v) is 4.77. The smallest absolute Gasteiger partial charge is 0.0118 e. The SMILES string of the molecule is CC1CCCC(C)C1NCCCN1CCCC1. The highest BCUT2D eigenvalue weighted by Crippen LogP contribution is 2.28. The molecule has 2 aliphatic rings. The summed E-state index contributed by atoms with van der Waals surface area (Å²) in [5.41, 5.74) is 0. The Morgan fingerprint density at radius 1 is 1.00 bits per heavy atom. The maximum absolute atomic E-state index is 3.82. The zero-order valence-corrected chi connectivity index (χ0v) is 11.8. The average Bonchev–Trinajstić information content (AvgIpc) is 2.80. The minimum atomic E-state index is 0.780. The molecule has 2 rings (SSSR count). The van der Waals surface area contributed by atoms with Gasteiger partial charge in [0.05, 0.1) is 0 Å². The van der Waals surface area contributed by atoms with E-state index in [2.05, 4.69) is 24.1 Å². The van der Waals surface area contributed by atoms with E-state index in [1.54, 1.807) is 0 Å². The van der Waals surface area contributed by atoms with Crippen LogP contribution < -0.4 is 5.32 Å². The Morgan fingerprint density at radius 2 is 1.65 bits per heavy atom. The Kier molecular flexibility index (Phi) is 5.30. The fourth-order valence-electron chi connectivity index (χ4n) is 3.66. The molecule has 2 nitrogen and oxygen atoms in total. The molecule has 100 valence electrons. The minimum Gasteiger partial charge on any atom is -0.313 e. The van der Waals surface area contributed by atoms with Crippen molar-refractivity contribution in [2.75, 3.05) is 26.2 Å². The van der Waals surface area contributed by atoms with Crippen LogP contribution in [0.15, 0.2) is 0 Å². The topological polar surface area (TPSA) is 15.3 Å². The lowest BCUT2D eigenvalue weighted by molar-refractivity contribution is 0.206. The quantitative estimate of drug-likeness (QED) is 0.741. The predicted molar refractivity (Wildman–Crippen MR) is 74.3 cm³/mol. The van der Waals surface area contributed by atoms with Crippen molar-refractivity contribution in [3.8, 4) is 0 Å². The van der Waals surface area contributed by atoms with E-state index in [9.17, 15) is 0 Å². The van der Waals surface area contributed by atoms with Crippen molar-refractivity contribution in [1.29, 1.82) is 0 Å². The van der Waals surface area contributed by atoms with E-state index in [0.29, 0.717) is 0 Å². The zero-order chi connectivity index (χ0) is 12.1. The van der Waals surface area contributed by atoms with Gasteiger partial charge in [0.15, 0.2) is 0 Å². The fourth-order valence-corrected chi connectivity index (χ4v) is 3.66. The van der Waals surface area contributed by atoms with Crippen LogP contribution in [0, 0.1) is 11.8 Å². The number of nitrogens with one attached hydrogen (secondary N) is 1. The van der Waals surface area contributed by atoms with Gasteiger partial charge in [0.2, 0.25) is 0 Å². The van der Waals surface area contributed by atoms with Crippen molar-refractivity contribution in [3.63, 3.8) is 0 Å². The lowest BCUT2D eigenvalue weighted by atomic mass is 9.79. The van der Waals surface area contributed by atoms with Crippen LogP contribution in [0.1, 0.15) is 52.4 Å². The second kappa shape index (κ2) is 6.75. The molecule has 0 aromatic rings. The van der Waals surface area contributed by atoms with Crippen LogP contribution in [0.3, 0.4) is 0 Å². The van der Waals surface area contributed by atoms with Gasteiger partial charge in [-0.25, -0.2) is 0 Å². The van der Waals surface area contributed by atoms with Gasteiger partial charge in [0, 0.05) is 6.04 Å². The summed E-state index contributed by atoms with van der Waals surface area (Å²) < 4.78 is 0. The van der Waals surface area contributed by atoms with E-state index < -0.39 is 0 Å². The summed E-state index contributed by atoms with van der Waals surface area (Å²) in [4.78, 5) is 2.62. The Labute approximate surface area is 107 Å². The van der Waals surface area contributed by atoms with Crippen LogP contribution in [-0.2, 0) is 0 Å². The fraction of sp³-hybridized carbons (Fsp3) is 1.00. The molecule has 0 radical (unpaired) electrons. The van der Waals surface area contributed by atoms with Crippen molar-refractivity contribution >= 4 is 0 Å². The van der Waals surface area contributed by atoms with Crippen molar-refractivity contribution in [3.05, 3.63) is 0 Å². The number of nitrogens with zero attached hydrogens (tertiary/aromatic N) is 1. The molecule has 0 bridgehead atoms. The van der Waals surface area contributed by atoms with E-state index >= 15 is 0 Å². The van der Waals surface area contributed by atoms with Crippen molar-refractivity contribution < 1.29 is 0 Å². The van der Waals surface area contributed by atoms with E-state index in [-0.39, 0.29) is 0 Å². The highest BCUT2D eigenvalue weighted by atomic mass is 15.1. The van der Waals surface area contributed by atoms with Crippen LogP contribution in [0.5, 0.6) is 0 Å². The molecular formula is C15H30N2. The third kappa shape index (κ3) is 3.96. The molecule has 2 heteroatoms. The number of likely N-dealkylation sites (tertiary alicyclic amines) is 1. The molecule has 1 aliphatic heterocycles. The van der Waals surface area contributed by atoms with Crippen molar-refractivity contribution in [2.24, 2.45) is 11.8 Å². The maximum atomic E-state index is 3.82. The normalized spacial score (nSPS) is 35.3. The van der Waals surface area contributed by atoms with Gasteiger partial charge in [0.25, 0.3) is 0 Å². The average molecular weight is 238 g/mol. The van der Waals surface area contributed by atoms with Crippen LogP contribution >= 0.6 is 0 Å². The first-order chi connectivity index (χ1) is 8.27. The molecule has 2 atom stereocenters. The second-order valence-electron chi connectivity index (χ2n) is 6.27. The molecule has 0 aromatic heterocycles. The van der Waals surface area contributed by atoms with E-state index in [1.807, 2.05) is 0 Å². The van der Waals surface area contributed by atoms with E-state index in [4.69, 9.17) is 0 Å². The summed E-state index contributed by atoms with van der Waals surface area (Å²) in [6.45, 7) is 10.1. The molecule has 1 saturated heterocycles. The maximum Gasteiger partial charge on any atom is 0.0118 e. The van der Waals surface area contributed by atoms with Gasteiger partial charge in [0.1, 0.15) is 0 Å². The molecule has 2 fully saturated rings. The Balaban J connectivity index is 1.59. The second-order valence-corrected chi connectivity index (χ2v) is 6.27. The highest BCUT2D eigenvalue weighted by molar-refractivity contribution is 4.83. The van der Waals surface area contributed by atoms with E-state index in [0.717, 1.165) is 17.9 Å². The monoisotopic (exact) mass is 238 g/mol. The predicted octanol–water partition coefficient (Wildman–Crippen LogP) is 2.89. The molecule has 1 aliphatic carbocycles. The van der Waals surface area contributed by atoms with Gasteiger partial charge >= 0.3 is 0 Å². The highest BCUT2D eigenvalue weighted by Gasteiger charge is 2.26. The summed E-state index contributed by atoms with van der Waals surface area (Å²) in [7, 11) is 0. The lowest BCUT2D eigenvalue weighted by Crippen LogP contribution is -2.43. The molecule has 1 heterocycles. The summed E-state index contributed by atoms with van der Waals surface area (Å²) in [5.74, 6) is 1.76. The van der Waals surface area contributed by atoms with Gasteiger partial charge < -0.3 is 10.2 Å². The van der Waals surface area contributed by atoms with Gasteiger partial charge in [-0.1, -0.05) is 20.3 Å². The standard InChI is InChI=1S/C15H30N2/c1-13-7-5-8-14(2)15(13)16-9-6-12-17-10-3-4-11-17/h13-16H,3-12H2,1-2H3. The van der Waals surface area contributed by atoms with Gasteiger partial charge in [-0.05, 0) is 70.1 Å². The van der Waals surface area contributed by atoms with Crippen LogP contribution in [0.2, 0.25) is 0 Å². The summed E-state index contributed by atoms with van der Waals surface area (Å²) in [5, 5.41) is 3.82. The number of hydrogen-bond acceptors (Lipinski definition) is 2. The third-order valence-electron chi connectivity index (χ3n) is 4.77. The molecule has 2 unspecified atom stereocenters. The van der Waals surface area contributed by atoms with Gasteiger partial charge in [-0.2, -0.15) is 0 Å². The number of rotatable bonds is 5. The molecule has 1 N–H and O–H groups in total. The minimum absolute atomic E-state index is 0.780. The molecule has 0 spiro atoms. The Morgan fingerprint density at radius 3 is 2.29 bits per heavy atom. The van der Waals surface area contributed by atoms with E-state index in [1.165, 1.54) is 64.7 Å². The van der Waals surface area contributed by atoms with Gasteiger partial charge in [-0.3, -0.25) is 0 Å². The summed E-state index contributed by atoms with van der Waals surface area (Å²) in [6, 6.07) is 0.780. The van der Waals surface area contributed by atoms with Gasteiger partial charge in [-0.15, -0.1) is 0 Å². The first-order valence-corrected chi connectivity index (χ1v) is 7.73. The molecule has 0 aromatic carbocycles. The largest absolute Gasteiger partial charge is 0.313 e. The molecule has 1 saturated carbocycles. The molecule has 0 amide bonds. The Hall–Kier alpha value is -0.0800. The molecule has 17 heavy (non-hydrogen) atoms. The first-order valence-electron chi connectivity index (χ1n) is 7.73. The number of hydrogen-bond donors (Lipinski definition) is 1. The zero-order valence-electron chi connectivity index (χ0n) is 11.8. The lowest BCUT2D eigenvalue weighted by Gasteiger charge is -2.35. The van der Waals surface area contributed by atoms with Crippen LogP contribution in [0.25, 0.3) is 0 Å². The summed E-state index contributed by atoms with van der Waals surface area (Å²) >= 11 is 0. The van der Waals surface area contributed by atoms with Crippen molar-refractivity contribution in [2.45, 2.75) is 58.4 Å². The first kappa shape index (κ1) is 13.4. The summed E-state index contributed by atoms with van der Waals surface area (Å²) in [6.07, 6.45) is 8.46. The molecular weight excluding hydrogens is 208 g/mol. The Bertz CT molecular complexity index is 201. The van der Waals surface area contributed by atoms with Crippen LogP contribution in [-0.4, -0.2) is 37.1 Å².